The zero-order valence-corrected chi connectivity index (χ0v) is 22.1. The summed E-state index contributed by atoms with van der Waals surface area (Å²) in [5.74, 6) is 0.319. The minimum Gasteiger partial charge on any atom is -0.493 e. The molecule has 0 fully saturated rings. The summed E-state index contributed by atoms with van der Waals surface area (Å²) in [6.45, 7) is 8.44. The monoisotopic (exact) mass is 508 g/mol. The van der Waals surface area contributed by atoms with Crippen molar-refractivity contribution < 1.29 is 4.74 Å². The van der Waals surface area contributed by atoms with Gasteiger partial charge in [0.2, 0.25) is 0 Å². The molecule has 0 atom stereocenters. The molecule has 2 aromatic heterocycles. The number of H-pyrrole nitrogens is 2. The van der Waals surface area contributed by atoms with Crippen LogP contribution in [-0.4, -0.2) is 26.2 Å². The lowest BCUT2D eigenvalue weighted by Crippen LogP contribution is -2.26. The smallest absolute Gasteiger partial charge is 0.275 e. The largest absolute Gasteiger partial charge is 0.493 e. The summed E-state index contributed by atoms with van der Waals surface area (Å²) in [5, 5.41) is 6.48. The molecule has 0 bridgehead atoms. The molecular formula is C31H32N4O3. The summed E-state index contributed by atoms with van der Waals surface area (Å²) in [4.78, 5) is 28.1. The lowest BCUT2D eigenvalue weighted by atomic mass is 9.84. The Morgan fingerprint density at radius 2 is 1.13 bits per heavy atom. The first-order valence-corrected chi connectivity index (χ1v) is 12.8. The second kappa shape index (κ2) is 10.5. The van der Waals surface area contributed by atoms with Crippen LogP contribution in [0.3, 0.4) is 0 Å². The van der Waals surface area contributed by atoms with E-state index in [0.717, 1.165) is 16.9 Å². The van der Waals surface area contributed by atoms with E-state index in [2.05, 4.69) is 24.0 Å². The molecule has 2 heterocycles. The van der Waals surface area contributed by atoms with Gasteiger partial charge in [0.1, 0.15) is 5.75 Å². The molecule has 0 spiro atoms. The second-order valence-electron chi connectivity index (χ2n) is 9.93. The normalized spacial score (nSPS) is 11.4. The van der Waals surface area contributed by atoms with Gasteiger partial charge in [0.15, 0.2) is 0 Å². The van der Waals surface area contributed by atoms with Gasteiger partial charge in [-0.3, -0.25) is 19.8 Å². The standard InChI is InChI=1S/C31H32N4O3/c1-20(2)19-38-26-18-12-11-17-25(26)29(27-21(3)32-34(30(27)36)23-13-7-5-8-14-23)28-22(4)33-35(31(28)37)24-15-9-6-10-16-24/h5-18,20,29,32-33H,19H2,1-4H3. The number of benzene rings is 3. The van der Waals surface area contributed by atoms with E-state index in [0.29, 0.717) is 40.8 Å². The third kappa shape index (κ3) is 4.63. The number of hydrogen-bond acceptors (Lipinski definition) is 3. The van der Waals surface area contributed by atoms with Crippen molar-refractivity contribution in [1.82, 2.24) is 19.6 Å². The van der Waals surface area contributed by atoms with Crippen molar-refractivity contribution in [1.29, 1.82) is 0 Å². The van der Waals surface area contributed by atoms with Gasteiger partial charge >= 0.3 is 0 Å². The van der Waals surface area contributed by atoms with Crippen molar-refractivity contribution in [2.75, 3.05) is 6.61 Å². The average molecular weight is 509 g/mol. The van der Waals surface area contributed by atoms with E-state index in [1.165, 1.54) is 9.36 Å². The SMILES string of the molecule is Cc1[nH]n(-c2ccccc2)c(=O)c1C(c1ccccc1OCC(C)C)c1c(C)[nH]n(-c2ccccc2)c1=O. The summed E-state index contributed by atoms with van der Waals surface area (Å²) in [7, 11) is 0. The summed E-state index contributed by atoms with van der Waals surface area (Å²) in [6, 6.07) is 26.5. The number of hydrogen-bond donors (Lipinski definition) is 2. The topological polar surface area (TPSA) is 84.8 Å². The number of rotatable bonds is 8. The fourth-order valence-corrected chi connectivity index (χ4v) is 4.88. The number of nitrogens with zero attached hydrogens (tertiary/aromatic N) is 2. The van der Waals surface area contributed by atoms with Crippen LogP contribution in [0.15, 0.2) is 94.5 Å². The van der Waals surface area contributed by atoms with Gasteiger partial charge in [0.25, 0.3) is 11.1 Å². The highest BCUT2D eigenvalue weighted by Gasteiger charge is 2.32. The second-order valence-corrected chi connectivity index (χ2v) is 9.93. The van der Waals surface area contributed by atoms with Crippen LogP contribution in [0.25, 0.3) is 11.4 Å². The van der Waals surface area contributed by atoms with Crippen LogP contribution >= 0.6 is 0 Å². The molecule has 5 rings (SSSR count). The van der Waals surface area contributed by atoms with Gasteiger partial charge < -0.3 is 4.74 Å². The van der Waals surface area contributed by atoms with Gasteiger partial charge in [0, 0.05) is 17.0 Å². The summed E-state index contributed by atoms with van der Waals surface area (Å²) in [5.41, 5.74) is 4.20. The highest BCUT2D eigenvalue weighted by molar-refractivity contribution is 5.52. The van der Waals surface area contributed by atoms with Crippen molar-refractivity contribution in [2.45, 2.75) is 33.6 Å². The highest BCUT2D eigenvalue weighted by atomic mass is 16.5. The van der Waals surface area contributed by atoms with Crippen LogP contribution in [0.5, 0.6) is 5.75 Å². The maximum absolute atomic E-state index is 14.0. The van der Waals surface area contributed by atoms with E-state index in [1.807, 2.05) is 98.8 Å². The number of para-hydroxylation sites is 3. The Balaban J connectivity index is 1.77. The Bertz CT molecular complexity index is 1560. The molecule has 38 heavy (non-hydrogen) atoms. The number of aromatic amines is 2. The van der Waals surface area contributed by atoms with Gasteiger partial charge in [-0.1, -0.05) is 68.4 Å². The van der Waals surface area contributed by atoms with E-state index < -0.39 is 5.92 Å². The Morgan fingerprint density at radius 1 is 0.684 bits per heavy atom. The van der Waals surface area contributed by atoms with Crippen molar-refractivity contribution in [3.63, 3.8) is 0 Å². The number of aryl methyl sites for hydroxylation is 2. The number of ether oxygens (including phenoxy) is 1. The zero-order chi connectivity index (χ0) is 26.8. The van der Waals surface area contributed by atoms with Crippen molar-refractivity contribution in [2.24, 2.45) is 5.92 Å². The minimum atomic E-state index is -0.652. The molecule has 0 saturated carbocycles. The Kier molecular flexibility index (Phi) is 6.92. The van der Waals surface area contributed by atoms with Crippen LogP contribution in [0.1, 0.15) is 47.8 Å². The van der Waals surface area contributed by atoms with E-state index in [9.17, 15) is 9.59 Å². The highest BCUT2D eigenvalue weighted by Crippen LogP contribution is 2.37. The van der Waals surface area contributed by atoms with Crippen LogP contribution in [0, 0.1) is 19.8 Å². The lowest BCUT2D eigenvalue weighted by Gasteiger charge is -2.20. The molecule has 2 N–H and O–H groups in total. The predicted molar refractivity (Wildman–Crippen MR) is 150 cm³/mol. The number of nitrogens with one attached hydrogen (secondary N) is 2. The molecule has 3 aromatic carbocycles. The first kappa shape index (κ1) is 25.1. The van der Waals surface area contributed by atoms with Crippen molar-refractivity contribution >= 4 is 0 Å². The first-order valence-electron chi connectivity index (χ1n) is 12.8. The molecule has 7 nitrogen and oxygen atoms in total. The molecule has 0 saturated heterocycles. The lowest BCUT2D eigenvalue weighted by molar-refractivity contribution is 0.268. The molecule has 0 radical (unpaired) electrons. The molecule has 194 valence electrons. The van der Waals surface area contributed by atoms with Gasteiger partial charge in [0.05, 0.1) is 35.0 Å². The Hall–Kier alpha value is -4.52. The van der Waals surface area contributed by atoms with Gasteiger partial charge in [-0.05, 0) is 50.1 Å². The molecular weight excluding hydrogens is 476 g/mol. The van der Waals surface area contributed by atoms with E-state index >= 15 is 0 Å². The quantitative estimate of drug-likeness (QED) is 0.291. The third-order valence-corrected chi connectivity index (χ3v) is 6.64. The maximum atomic E-state index is 14.0. The van der Waals surface area contributed by atoms with Crippen LogP contribution < -0.4 is 15.9 Å². The molecule has 7 heteroatoms. The number of aromatic nitrogens is 4. The van der Waals surface area contributed by atoms with Crippen molar-refractivity contribution in [3.05, 3.63) is 134 Å². The Morgan fingerprint density at radius 3 is 1.61 bits per heavy atom. The van der Waals surface area contributed by atoms with Crippen LogP contribution in [-0.2, 0) is 0 Å². The molecule has 0 amide bonds. The van der Waals surface area contributed by atoms with Crippen LogP contribution in [0.2, 0.25) is 0 Å². The van der Waals surface area contributed by atoms with Crippen LogP contribution in [0.4, 0.5) is 0 Å². The zero-order valence-electron chi connectivity index (χ0n) is 22.1. The summed E-state index contributed by atoms with van der Waals surface area (Å²) >= 11 is 0. The van der Waals surface area contributed by atoms with Crippen molar-refractivity contribution in [3.8, 4) is 17.1 Å². The summed E-state index contributed by atoms with van der Waals surface area (Å²) < 4.78 is 9.30. The molecule has 0 aliphatic carbocycles. The van der Waals surface area contributed by atoms with E-state index in [1.54, 1.807) is 0 Å². The molecule has 0 aliphatic rings. The fourth-order valence-electron chi connectivity index (χ4n) is 4.88. The predicted octanol–water partition coefficient (Wildman–Crippen LogP) is 5.48. The van der Waals surface area contributed by atoms with Gasteiger partial charge in [-0.15, -0.1) is 0 Å². The van der Waals surface area contributed by atoms with Gasteiger partial charge in [-0.25, -0.2) is 9.36 Å². The first-order chi connectivity index (χ1) is 18.4. The molecule has 5 aromatic rings. The molecule has 0 aliphatic heterocycles. The van der Waals surface area contributed by atoms with E-state index in [-0.39, 0.29) is 11.1 Å². The summed E-state index contributed by atoms with van der Waals surface area (Å²) in [6.07, 6.45) is 0. The molecule has 0 unspecified atom stereocenters. The average Bonchev–Trinajstić information content (AvgIpc) is 3.39. The fraction of sp³-hybridized carbons (Fsp3) is 0.226. The van der Waals surface area contributed by atoms with Gasteiger partial charge in [-0.2, -0.15) is 0 Å². The minimum absolute atomic E-state index is 0.205. The maximum Gasteiger partial charge on any atom is 0.275 e. The third-order valence-electron chi connectivity index (χ3n) is 6.64. The van der Waals surface area contributed by atoms with E-state index in [4.69, 9.17) is 4.74 Å². The Labute approximate surface area is 221 Å².